The van der Waals surface area contributed by atoms with Crippen LogP contribution in [0.5, 0.6) is 0 Å². The Kier molecular flexibility index (Phi) is 11.2. The summed E-state index contributed by atoms with van der Waals surface area (Å²) in [5.74, 6) is 1.15. The monoisotopic (exact) mass is 475 g/mol. The van der Waals surface area contributed by atoms with Crippen molar-refractivity contribution in [3.63, 3.8) is 0 Å². The Hall–Kier alpha value is -0.860. The van der Waals surface area contributed by atoms with Gasteiger partial charge in [0.15, 0.2) is 5.96 Å². The zero-order valence-corrected chi connectivity index (χ0v) is 18.4. The number of ether oxygens (including phenoxy) is 1. The molecule has 0 radical (unpaired) electrons. The molecule has 148 valence electrons. The van der Waals surface area contributed by atoms with E-state index in [0.717, 1.165) is 44.7 Å². The van der Waals surface area contributed by atoms with Crippen molar-refractivity contribution in [1.29, 1.82) is 0 Å². The minimum Gasteiger partial charge on any atom is -0.388 e. The Bertz CT molecular complexity index is 519. The summed E-state index contributed by atoms with van der Waals surface area (Å²) in [6, 6.07) is 10.2. The molecule has 1 aliphatic rings. The summed E-state index contributed by atoms with van der Waals surface area (Å²) in [4.78, 5) is 4.57. The molecule has 0 spiro atoms. The van der Waals surface area contributed by atoms with Gasteiger partial charge in [-0.1, -0.05) is 50.1 Å². The number of rotatable bonds is 9. The van der Waals surface area contributed by atoms with E-state index >= 15 is 0 Å². The van der Waals surface area contributed by atoms with Gasteiger partial charge in [0.2, 0.25) is 0 Å². The molecule has 1 saturated carbocycles. The predicted molar refractivity (Wildman–Crippen MR) is 118 cm³/mol. The highest BCUT2D eigenvalue weighted by Crippen LogP contribution is 2.29. The second-order valence-electron chi connectivity index (χ2n) is 7.11. The topological polar surface area (TPSA) is 65.9 Å². The number of benzene rings is 1. The summed E-state index contributed by atoms with van der Waals surface area (Å²) >= 11 is 0. The first-order chi connectivity index (χ1) is 12.1. The maximum atomic E-state index is 10.4. The highest BCUT2D eigenvalue weighted by atomic mass is 127. The molecule has 0 heterocycles. The molecule has 2 rings (SSSR count). The van der Waals surface area contributed by atoms with E-state index in [4.69, 9.17) is 4.74 Å². The summed E-state index contributed by atoms with van der Waals surface area (Å²) < 4.78 is 5.79. The third-order valence-corrected chi connectivity index (χ3v) is 4.54. The molecule has 1 atom stereocenters. The van der Waals surface area contributed by atoms with Crippen molar-refractivity contribution in [2.75, 3.05) is 26.2 Å². The van der Waals surface area contributed by atoms with Crippen LogP contribution in [0.25, 0.3) is 0 Å². The second kappa shape index (κ2) is 12.5. The van der Waals surface area contributed by atoms with E-state index in [1.54, 1.807) is 0 Å². The molecule has 0 bridgehead atoms. The van der Waals surface area contributed by atoms with Gasteiger partial charge in [0.25, 0.3) is 0 Å². The van der Waals surface area contributed by atoms with Crippen molar-refractivity contribution < 1.29 is 9.84 Å². The molecule has 0 amide bonds. The van der Waals surface area contributed by atoms with Crippen LogP contribution in [0.15, 0.2) is 35.3 Å². The maximum absolute atomic E-state index is 10.4. The summed E-state index contributed by atoms with van der Waals surface area (Å²) in [7, 11) is 0. The average molecular weight is 475 g/mol. The first-order valence-electron chi connectivity index (χ1n) is 9.47. The van der Waals surface area contributed by atoms with Crippen LogP contribution < -0.4 is 10.6 Å². The summed E-state index contributed by atoms with van der Waals surface area (Å²) in [6.45, 7) is 7.63. The molecule has 0 aromatic heterocycles. The van der Waals surface area contributed by atoms with Crippen LogP contribution in [0.2, 0.25) is 0 Å². The van der Waals surface area contributed by atoms with Crippen LogP contribution in [0.3, 0.4) is 0 Å². The number of aliphatic hydroxyl groups is 1. The summed E-state index contributed by atoms with van der Waals surface area (Å²) in [5.41, 5.74) is 0.592. The Morgan fingerprint density at radius 1 is 1.23 bits per heavy atom. The first kappa shape index (κ1) is 23.2. The van der Waals surface area contributed by atoms with Gasteiger partial charge in [-0.15, -0.1) is 24.0 Å². The van der Waals surface area contributed by atoms with E-state index in [0.29, 0.717) is 25.7 Å². The Balaban J connectivity index is 0.00000338. The average Bonchev–Trinajstić information content (AvgIpc) is 3.05. The third-order valence-electron chi connectivity index (χ3n) is 4.54. The smallest absolute Gasteiger partial charge is 0.191 e. The van der Waals surface area contributed by atoms with Crippen molar-refractivity contribution in [3.05, 3.63) is 35.9 Å². The second-order valence-corrected chi connectivity index (χ2v) is 7.11. The van der Waals surface area contributed by atoms with Crippen LogP contribution in [0, 0.1) is 5.92 Å². The van der Waals surface area contributed by atoms with Crippen LogP contribution in [0.4, 0.5) is 0 Å². The molecule has 1 aromatic rings. The molecule has 1 aliphatic carbocycles. The van der Waals surface area contributed by atoms with E-state index in [-0.39, 0.29) is 24.0 Å². The molecule has 1 unspecified atom stereocenters. The molecular formula is C20H34IN3O2. The number of nitrogens with zero attached hydrogens (tertiary/aromatic N) is 1. The highest BCUT2D eigenvalue weighted by molar-refractivity contribution is 14.0. The van der Waals surface area contributed by atoms with Crippen molar-refractivity contribution in [3.8, 4) is 0 Å². The molecule has 1 aromatic carbocycles. The fourth-order valence-corrected chi connectivity index (χ4v) is 3.04. The number of hydrogen-bond acceptors (Lipinski definition) is 3. The predicted octanol–water partition coefficient (Wildman–Crippen LogP) is 3.32. The van der Waals surface area contributed by atoms with Crippen molar-refractivity contribution in [2.24, 2.45) is 10.9 Å². The number of guanidine groups is 1. The van der Waals surface area contributed by atoms with Gasteiger partial charge >= 0.3 is 0 Å². The fraction of sp³-hybridized carbons (Fsp3) is 0.650. The Morgan fingerprint density at radius 3 is 2.58 bits per heavy atom. The maximum Gasteiger partial charge on any atom is 0.191 e. The van der Waals surface area contributed by atoms with Gasteiger partial charge in [-0.3, -0.25) is 4.99 Å². The molecular weight excluding hydrogens is 441 g/mol. The van der Waals surface area contributed by atoms with Crippen LogP contribution in [0.1, 0.15) is 45.1 Å². The SMILES string of the molecule is CCNC(=NCC1(O)CCCC1)NCC(C)COCc1ccccc1.I. The third kappa shape index (κ3) is 8.68. The number of halogens is 1. The molecule has 0 aliphatic heterocycles. The van der Waals surface area contributed by atoms with Crippen LogP contribution >= 0.6 is 24.0 Å². The fourth-order valence-electron chi connectivity index (χ4n) is 3.04. The van der Waals surface area contributed by atoms with E-state index < -0.39 is 5.60 Å². The van der Waals surface area contributed by atoms with Gasteiger partial charge in [0.05, 0.1) is 25.4 Å². The molecule has 26 heavy (non-hydrogen) atoms. The number of hydrogen-bond donors (Lipinski definition) is 3. The number of nitrogens with one attached hydrogen (secondary N) is 2. The lowest BCUT2D eigenvalue weighted by Crippen LogP contribution is -2.41. The first-order valence-corrected chi connectivity index (χ1v) is 9.47. The largest absolute Gasteiger partial charge is 0.388 e. The van der Waals surface area contributed by atoms with Gasteiger partial charge in [-0.2, -0.15) is 0 Å². The van der Waals surface area contributed by atoms with E-state index in [9.17, 15) is 5.11 Å². The van der Waals surface area contributed by atoms with Crippen molar-refractivity contribution in [1.82, 2.24) is 10.6 Å². The zero-order chi connectivity index (χ0) is 18.0. The number of aliphatic imine (C=N–C) groups is 1. The molecule has 0 saturated heterocycles. The van der Waals surface area contributed by atoms with E-state index in [2.05, 4.69) is 34.7 Å². The molecule has 5 nitrogen and oxygen atoms in total. The lowest BCUT2D eigenvalue weighted by atomic mass is 10.0. The van der Waals surface area contributed by atoms with Gasteiger partial charge in [0.1, 0.15) is 0 Å². The minimum absolute atomic E-state index is 0. The molecule has 3 N–H and O–H groups in total. The Morgan fingerprint density at radius 2 is 1.92 bits per heavy atom. The standard InChI is InChI=1S/C20H33N3O2.HI/c1-3-21-19(23-16-20(24)11-7-8-12-20)22-13-17(2)14-25-15-18-9-5-4-6-10-18;/h4-6,9-10,17,24H,3,7-8,11-16H2,1-2H3,(H2,21,22,23);1H. The lowest BCUT2D eigenvalue weighted by Gasteiger charge is -2.21. The highest BCUT2D eigenvalue weighted by Gasteiger charge is 2.30. The quantitative estimate of drug-likeness (QED) is 0.291. The summed E-state index contributed by atoms with van der Waals surface area (Å²) in [6.07, 6.45) is 3.93. The van der Waals surface area contributed by atoms with Crippen LogP contribution in [-0.4, -0.2) is 42.9 Å². The van der Waals surface area contributed by atoms with Gasteiger partial charge in [0, 0.05) is 13.1 Å². The van der Waals surface area contributed by atoms with E-state index in [1.807, 2.05) is 25.1 Å². The molecule has 1 fully saturated rings. The van der Waals surface area contributed by atoms with Gasteiger partial charge in [-0.05, 0) is 31.2 Å². The minimum atomic E-state index is -0.604. The summed E-state index contributed by atoms with van der Waals surface area (Å²) in [5, 5.41) is 17.0. The van der Waals surface area contributed by atoms with Gasteiger partial charge < -0.3 is 20.5 Å². The lowest BCUT2D eigenvalue weighted by molar-refractivity contribution is 0.0574. The van der Waals surface area contributed by atoms with Crippen molar-refractivity contribution >= 4 is 29.9 Å². The normalized spacial score (nSPS) is 17.4. The van der Waals surface area contributed by atoms with Gasteiger partial charge in [-0.25, -0.2) is 0 Å². The van der Waals surface area contributed by atoms with Crippen molar-refractivity contribution in [2.45, 2.75) is 51.7 Å². The molecule has 6 heteroatoms. The van der Waals surface area contributed by atoms with Crippen LogP contribution in [-0.2, 0) is 11.3 Å². The Labute approximate surface area is 175 Å². The zero-order valence-electron chi connectivity index (χ0n) is 16.0. The van der Waals surface area contributed by atoms with E-state index in [1.165, 1.54) is 5.56 Å².